The summed E-state index contributed by atoms with van der Waals surface area (Å²) in [7, 11) is 0. The van der Waals surface area contributed by atoms with Gasteiger partial charge < -0.3 is 0 Å². The number of aliphatic imine (C=N–C) groups is 1. The molecule has 0 fully saturated rings. The topological polar surface area (TPSA) is 25.2 Å². The van der Waals surface area contributed by atoms with E-state index in [0.717, 1.165) is 5.56 Å². The van der Waals surface area contributed by atoms with Gasteiger partial charge in [0.1, 0.15) is 16.8 Å². The van der Waals surface area contributed by atoms with Crippen LogP contribution in [-0.4, -0.2) is 23.4 Å². The molecular weight excluding hydrogens is 439 g/mol. The molecule has 2 heterocycles. The Morgan fingerprint density at radius 2 is 1.35 bits per heavy atom. The van der Waals surface area contributed by atoms with Crippen molar-refractivity contribution in [2.75, 3.05) is 6.54 Å². The second kappa shape index (κ2) is 7.52. The monoisotopic (exact) mass is 454 g/mol. The molecule has 1 aromatic heterocycles. The predicted octanol–water partition coefficient (Wildman–Crippen LogP) is 6.37. The standard InChI is InChI=1S/C20H15F9N2/c1-2-11-3-5-12(6-4-11)14-9-17(10-30-14,20(27,28)29)13-7-15(18(21,22)23)31-16(8-13)19(24,25)26/h3-8H,2,9-10H2,1H3. The average Bonchev–Trinajstić information content (AvgIpc) is 3.13. The predicted molar refractivity (Wildman–Crippen MR) is 93.8 cm³/mol. The van der Waals surface area contributed by atoms with Gasteiger partial charge in [0.15, 0.2) is 0 Å². The molecule has 0 bridgehead atoms. The molecule has 0 aliphatic carbocycles. The molecule has 2 aromatic rings. The summed E-state index contributed by atoms with van der Waals surface area (Å²) in [5.74, 6) is 0. The fourth-order valence-electron chi connectivity index (χ4n) is 3.40. The molecule has 3 rings (SSSR count). The number of hydrogen-bond donors (Lipinski definition) is 0. The van der Waals surface area contributed by atoms with E-state index in [1.807, 2.05) is 6.92 Å². The van der Waals surface area contributed by atoms with Crippen LogP contribution in [0, 0.1) is 0 Å². The Labute approximate surface area is 170 Å². The lowest BCUT2D eigenvalue weighted by Crippen LogP contribution is -2.44. The number of rotatable bonds is 3. The molecule has 0 saturated heterocycles. The van der Waals surface area contributed by atoms with Crippen molar-refractivity contribution in [2.24, 2.45) is 4.99 Å². The van der Waals surface area contributed by atoms with E-state index in [4.69, 9.17) is 0 Å². The molecule has 1 aliphatic heterocycles. The number of pyridine rings is 1. The maximum absolute atomic E-state index is 14.1. The van der Waals surface area contributed by atoms with Crippen LogP contribution in [0.3, 0.4) is 0 Å². The van der Waals surface area contributed by atoms with Crippen LogP contribution in [0.4, 0.5) is 39.5 Å². The summed E-state index contributed by atoms with van der Waals surface area (Å²) < 4.78 is 121. The zero-order valence-corrected chi connectivity index (χ0v) is 15.9. The van der Waals surface area contributed by atoms with Crippen molar-refractivity contribution in [3.05, 3.63) is 64.5 Å². The van der Waals surface area contributed by atoms with Crippen molar-refractivity contribution in [3.63, 3.8) is 0 Å². The van der Waals surface area contributed by atoms with Gasteiger partial charge in [-0.1, -0.05) is 31.2 Å². The van der Waals surface area contributed by atoms with Crippen molar-refractivity contribution < 1.29 is 39.5 Å². The number of nitrogens with zero attached hydrogens (tertiary/aromatic N) is 2. The molecule has 1 unspecified atom stereocenters. The van der Waals surface area contributed by atoms with E-state index in [-0.39, 0.29) is 17.8 Å². The van der Waals surface area contributed by atoms with E-state index >= 15 is 0 Å². The fraction of sp³-hybridized carbons (Fsp3) is 0.400. The van der Waals surface area contributed by atoms with Crippen LogP contribution in [0.1, 0.15) is 41.4 Å². The largest absolute Gasteiger partial charge is 0.433 e. The fourth-order valence-corrected chi connectivity index (χ4v) is 3.40. The molecule has 0 amide bonds. The summed E-state index contributed by atoms with van der Waals surface area (Å²) >= 11 is 0. The first kappa shape index (κ1) is 23.1. The third-order valence-electron chi connectivity index (χ3n) is 5.21. The second-order valence-corrected chi connectivity index (χ2v) is 7.19. The summed E-state index contributed by atoms with van der Waals surface area (Å²) in [5, 5.41) is 0. The summed E-state index contributed by atoms with van der Waals surface area (Å²) in [5.41, 5.74) is -7.09. The lowest BCUT2D eigenvalue weighted by Gasteiger charge is -2.32. The van der Waals surface area contributed by atoms with Crippen LogP contribution in [0.25, 0.3) is 0 Å². The molecule has 168 valence electrons. The molecular formula is C20H15F9N2. The number of benzene rings is 1. The van der Waals surface area contributed by atoms with Gasteiger partial charge in [-0.05, 0) is 35.2 Å². The molecule has 0 radical (unpaired) electrons. The maximum Gasteiger partial charge on any atom is 0.433 e. The van der Waals surface area contributed by atoms with Gasteiger partial charge in [0.05, 0.1) is 6.54 Å². The average molecular weight is 454 g/mol. The normalized spacial score (nSPS) is 20.1. The molecule has 11 heteroatoms. The highest BCUT2D eigenvalue weighted by molar-refractivity contribution is 6.03. The number of hydrogen-bond acceptors (Lipinski definition) is 2. The van der Waals surface area contributed by atoms with Gasteiger partial charge >= 0.3 is 18.5 Å². The van der Waals surface area contributed by atoms with Crippen LogP contribution in [0.15, 0.2) is 41.4 Å². The van der Waals surface area contributed by atoms with Crippen LogP contribution in [-0.2, 0) is 24.2 Å². The van der Waals surface area contributed by atoms with Crippen molar-refractivity contribution in [2.45, 2.75) is 43.7 Å². The highest BCUT2D eigenvalue weighted by Crippen LogP contribution is 2.49. The van der Waals surface area contributed by atoms with Crippen LogP contribution in [0.5, 0.6) is 0 Å². The molecule has 1 aromatic carbocycles. The van der Waals surface area contributed by atoms with Gasteiger partial charge in [-0.15, -0.1) is 0 Å². The Morgan fingerprint density at radius 3 is 1.77 bits per heavy atom. The molecule has 0 N–H and O–H groups in total. The zero-order valence-electron chi connectivity index (χ0n) is 15.9. The number of aromatic nitrogens is 1. The Balaban J connectivity index is 2.12. The second-order valence-electron chi connectivity index (χ2n) is 7.19. The van der Waals surface area contributed by atoms with E-state index in [1.165, 1.54) is 12.1 Å². The van der Waals surface area contributed by atoms with E-state index in [9.17, 15) is 39.5 Å². The highest BCUT2D eigenvalue weighted by Gasteiger charge is 2.59. The van der Waals surface area contributed by atoms with E-state index in [1.54, 1.807) is 12.1 Å². The molecule has 0 spiro atoms. The van der Waals surface area contributed by atoms with E-state index in [2.05, 4.69) is 9.98 Å². The third-order valence-corrected chi connectivity index (χ3v) is 5.21. The first-order chi connectivity index (χ1) is 14.2. The summed E-state index contributed by atoms with van der Waals surface area (Å²) in [6, 6.07) is 6.45. The minimum atomic E-state index is -5.36. The Hall–Kier alpha value is -2.59. The zero-order chi connectivity index (χ0) is 23.2. The minimum Gasteiger partial charge on any atom is -0.288 e. The summed E-state index contributed by atoms with van der Waals surface area (Å²) in [6.45, 7) is 0.844. The molecule has 2 nitrogen and oxygen atoms in total. The van der Waals surface area contributed by atoms with Crippen molar-refractivity contribution in [1.82, 2.24) is 4.98 Å². The Morgan fingerprint density at radius 1 is 0.839 bits per heavy atom. The van der Waals surface area contributed by atoms with Crippen LogP contribution < -0.4 is 0 Å². The number of aryl methyl sites for hydroxylation is 1. The van der Waals surface area contributed by atoms with Crippen LogP contribution >= 0.6 is 0 Å². The smallest absolute Gasteiger partial charge is 0.288 e. The maximum atomic E-state index is 14.1. The molecule has 0 saturated carbocycles. The summed E-state index contributed by atoms with van der Waals surface area (Å²) in [6.07, 6.45) is -16.1. The van der Waals surface area contributed by atoms with E-state index < -0.39 is 53.9 Å². The Bertz CT molecular complexity index is 953. The van der Waals surface area contributed by atoms with E-state index in [0.29, 0.717) is 12.0 Å². The van der Waals surface area contributed by atoms with Crippen LogP contribution in [0.2, 0.25) is 0 Å². The lowest BCUT2D eigenvalue weighted by molar-refractivity contribution is -0.185. The van der Waals surface area contributed by atoms with Gasteiger partial charge in [-0.25, -0.2) is 4.98 Å². The summed E-state index contributed by atoms with van der Waals surface area (Å²) in [4.78, 5) is 6.36. The lowest BCUT2D eigenvalue weighted by atomic mass is 9.76. The SMILES string of the molecule is CCc1ccc(C2=NCC(c3cc(C(F)(F)F)nc(C(F)(F)F)c3)(C(F)(F)F)C2)cc1. The number of halogens is 9. The van der Waals surface area contributed by atoms with Gasteiger partial charge in [-0.3, -0.25) is 4.99 Å². The highest BCUT2D eigenvalue weighted by atomic mass is 19.4. The number of alkyl halides is 9. The quantitative estimate of drug-likeness (QED) is 0.495. The molecule has 1 aliphatic rings. The molecule has 1 atom stereocenters. The van der Waals surface area contributed by atoms with Crippen molar-refractivity contribution in [3.8, 4) is 0 Å². The first-order valence-electron chi connectivity index (χ1n) is 9.04. The third kappa shape index (κ3) is 4.40. The van der Waals surface area contributed by atoms with Crippen molar-refractivity contribution in [1.29, 1.82) is 0 Å². The van der Waals surface area contributed by atoms with Crippen molar-refractivity contribution >= 4 is 5.71 Å². The molecule has 31 heavy (non-hydrogen) atoms. The minimum absolute atomic E-state index is 0.0291. The Kier molecular flexibility index (Phi) is 5.60. The van der Waals surface area contributed by atoms with Gasteiger partial charge in [0.2, 0.25) is 0 Å². The van der Waals surface area contributed by atoms with Gasteiger partial charge in [-0.2, -0.15) is 39.5 Å². The first-order valence-corrected chi connectivity index (χ1v) is 9.04. The van der Waals surface area contributed by atoms with Gasteiger partial charge in [0, 0.05) is 12.1 Å². The van der Waals surface area contributed by atoms with Gasteiger partial charge in [0.25, 0.3) is 0 Å².